The van der Waals surface area contributed by atoms with Gasteiger partial charge in [0.25, 0.3) is 0 Å². The number of H-pyrrole nitrogens is 2. The number of fused-ring (bicyclic) bond motifs is 1. The number of aromatic amines is 2. The first-order valence-corrected chi connectivity index (χ1v) is 10.1. The van der Waals surface area contributed by atoms with E-state index in [1.807, 2.05) is 30.3 Å². The molecule has 1 fully saturated rings. The van der Waals surface area contributed by atoms with Crippen LogP contribution < -0.4 is 16.4 Å². The Morgan fingerprint density at radius 2 is 2.17 bits per heavy atom. The highest BCUT2D eigenvalue weighted by molar-refractivity contribution is 7.99. The Labute approximate surface area is 173 Å². The van der Waals surface area contributed by atoms with E-state index in [1.54, 1.807) is 16.8 Å². The number of nitrogens with zero attached hydrogens (tertiary/aromatic N) is 4. The van der Waals surface area contributed by atoms with Crippen molar-refractivity contribution < 1.29 is 5.11 Å². The molecule has 5 rings (SSSR count). The molecule has 3 heterocycles. The molecule has 146 valence electrons. The zero-order valence-corrected chi connectivity index (χ0v) is 16.5. The summed E-state index contributed by atoms with van der Waals surface area (Å²) in [7, 11) is 0. The van der Waals surface area contributed by atoms with Gasteiger partial charge < -0.3 is 10.1 Å². The molecule has 0 saturated heterocycles. The number of hydrogen-bond donors (Lipinski definition) is 3. The van der Waals surface area contributed by atoms with Crippen LogP contribution in [0, 0.1) is 0 Å². The molecule has 4 aromatic rings. The highest BCUT2D eigenvalue weighted by atomic mass is 35.5. The van der Waals surface area contributed by atoms with E-state index in [-0.39, 0.29) is 11.6 Å². The molecule has 0 unspecified atom stereocenters. The molecule has 29 heavy (non-hydrogen) atoms. The maximum atomic E-state index is 11.4. The van der Waals surface area contributed by atoms with Gasteiger partial charge in [0.1, 0.15) is 10.7 Å². The van der Waals surface area contributed by atoms with Crippen molar-refractivity contribution >= 4 is 35.1 Å². The van der Waals surface area contributed by atoms with E-state index < -0.39 is 5.69 Å². The normalized spacial score (nSPS) is 15.5. The van der Waals surface area contributed by atoms with E-state index in [9.17, 15) is 9.90 Å². The van der Waals surface area contributed by atoms with Gasteiger partial charge in [-0.2, -0.15) is 9.61 Å². The van der Waals surface area contributed by atoms with Gasteiger partial charge in [-0.05, 0) is 37.1 Å². The van der Waals surface area contributed by atoms with Gasteiger partial charge in [-0.1, -0.05) is 29.4 Å². The average molecular weight is 427 g/mol. The Balaban J connectivity index is 1.68. The molecule has 0 spiro atoms. The fourth-order valence-corrected chi connectivity index (χ4v) is 4.00. The molecule has 0 aliphatic heterocycles. The Kier molecular flexibility index (Phi) is 4.40. The molecule has 10 heteroatoms. The summed E-state index contributed by atoms with van der Waals surface area (Å²) >= 11 is 7.58. The van der Waals surface area contributed by atoms with Crippen LogP contribution in [0.25, 0.3) is 11.7 Å². The number of rotatable bonds is 4. The van der Waals surface area contributed by atoms with Crippen LogP contribution in [0.5, 0.6) is 5.88 Å². The number of halogens is 1. The minimum atomic E-state index is -0.486. The third-order valence-corrected chi connectivity index (χ3v) is 5.52. The fourth-order valence-electron chi connectivity index (χ4n) is 2.88. The van der Waals surface area contributed by atoms with Gasteiger partial charge in [0.05, 0.1) is 12.2 Å². The number of imidazole rings is 1. The lowest BCUT2D eigenvalue weighted by atomic mass is 10.3. The summed E-state index contributed by atoms with van der Waals surface area (Å²) in [6.07, 6.45) is 5.39. The summed E-state index contributed by atoms with van der Waals surface area (Å²) in [5, 5.41) is 16.3. The Morgan fingerprint density at radius 3 is 2.90 bits per heavy atom. The molecule has 1 aromatic carbocycles. The number of aromatic hydroxyl groups is 1. The number of benzene rings is 1. The monoisotopic (exact) mass is 426 g/mol. The second kappa shape index (κ2) is 7.09. The van der Waals surface area contributed by atoms with Gasteiger partial charge in [-0.3, -0.25) is 9.98 Å². The Morgan fingerprint density at radius 1 is 1.31 bits per heavy atom. The lowest BCUT2D eigenvalue weighted by Gasteiger charge is -2.03. The zero-order valence-electron chi connectivity index (χ0n) is 15.0. The SMILES string of the molecule is O=c1[nH]c(O)c(/C=c2/cnn3c(=NC4CC4)cc(Sc4cccc(Cl)c4)nc23)[nH]1. The van der Waals surface area contributed by atoms with Crippen LogP contribution >= 0.6 is 23.4 Å². The lowest BCUT2D eigenvalue weighted by molar-refractivity contribution is 0.454. The van der Waals surface area contributed by atoms with Crippen molar-refractivity contribution in [3.05, 3.63) is 68.4 Å². The second-order valence-corrected chi connectivity index (χ2v) is 8.22. The van der Waals surface area contributed by atoms with Crippen LogP contribution in [0.2, 0.25) is 5.02 Å². The quantitative estimate of drug-likeness (QED) is 0.431. The Bertz CT molecular complexity index is 1400. The highest BCUT2D eigenvalue weighted by Gasteiger charge is 2.20. The number of nitrogens with one attached hydrogen (secondary N) is 2. The van der Waals surface area contributed by atoms with Crippen LogP contribution in [-0.2, 0) is 0 Å². The summed E-state index contributed by atoms with van der Waals surface area (Å²) < 4.78 is 1.67. The average Bonchev–Trinajstić information content (AvgIpc) is 3.31. The third-order valence-electron chi connectivity index (χ3n) is 4.37. The standard InChI is InChI=1S/C19H15ClN6O2S/c20-11-2-1-3-13(7-11)29-16-8-15(22-12-4-5-12)26-17(24-16)10(9-21-26)6-14-18(27)25-19(28)23-14/h1-3,6-9,12,27H,4-5H2,(H2,23,25,28)/b10-6-,22-15?. The molecule has 3 aromatic heterocycles. The molecule has 1 aliphatic rings. The van der Waals surface area contributed by atoms with Gasteiger partial charge in [0, 0.05) is 21.2 Å². The minimum Gasteiger partial charge on any atom is -0.493 e. The molecule has 0 radical (unpaired) electrons. The van der Waals surface area contributed by atoms with Crippen molar-refractivity contribution in [2.24, 2.45) is 4.99 Å². The van der Waals surface area contributed by atoms with Gasteiger partial charge in [0.15, 0.2) is 11.1 Å². The topological polar surface area (TPSA) is 111 Å². The summed E-state index contributed by atoms with van der Waals surface area (Å²) in [4.78, 5) is 26.7. The van der Waals surface area contributed by atoms with Crippen molar-refractivity contribution in [3.8, 4) is 5.88 Å². The van der Waals surface area contributed by atoms with E-state index in [0.717, 1.165) is 22.8 Å². The van der Waals surface area contributed by atoms with Crippen LogP contribution in [0.1, 0.15) is 18.5 Å². The summed E-state index contributed by atoms with van der Waals surface area (Å²) in [6, 6.07) is 9.77. The first-order chi connectivity index (χ1) is 14.0. The van der Waals surface area contributed by atoms with Crippen molar-refractivity contribution in [2.75, 3.05) is 0 Å². The predicted octanol–water partition coefficient (Wildman–Crippen LogP) is 1.87. The first kappa shape index (κ1) is 18.0. The van der Waals surface area contributed by atoms with E-state index in [1.165, 1.54) is 11.8 Å². The van der Waals surface area contributed by atoms with Gasteiger partial charge >= 0.3 is 5.69 Å². The molecule has 1 saturated carbocycles. The maximum absolute atomic E-state index is 11.4. The molecule has 0 bridgehead atoms. The number of aromatic nitrogens is 5. The van der Waals surface area contributed by atoms with Crippen molar-refractivity contribution in [1.82, 2.24) is 24.6 Å². The minimum absolute atomic E-state index is 0.235. The predicted molar refractivity (Wildman–Crippen MR) is 109 cm³/mol. The largest absolute Gasteiger partial charge is 0.493 e. The van der Waals surface area contributed by atoms with Gasteiger partial charge in [0.2, 0.25) is 5.88 Å². The first-order valence-electron chi connectivity index (χ1n) is 8.94. The van der Waals surface area contributed by atoms with Crippen LogP contribution in [0.4, 0.5) is 0 Å². The Hall–Kier alpha value is -3.04. The van der Waals surface area contributed by atoms with E-state index in [4.69, 9.17) is 21.6 Å². The molecular weight excluding hydrogens is 412 g/mol. The summed E-state index contributed by atoms with van der Waals surface area (Å²) in [6.45, 7) is 0. The molecule has 0 atom stereocenters. The van der Waals surface area contributed by atoms with Crippen LogP contribution in [0.3, 0.4) is 0 Å². The molecule has 0 amide bonds. The number of hydrogen-bond acceptors (Lipinski definition) is 6. The second-order valence-electron chi connectivity index (χ2n) is 6.69. The van der Waals surface area contributed by atoms with E-state index in [2.05, 4.69) is 15.1 Å². The van der Waals surface area contributed by atoms with E-state index >= 15 is 0 Å². The lowest BCUT2D eigenvalue weighted by Crippen LogP contribution is -2.19. The van der Waals surface area contributed by atoms with Crippen LogP contribution in [-0.4, -0.2) is 35.7 Å². The van der Waals surface area contributed by atoms with E-state index in [0.29, 0.717) is 27.4 Å². The third kappa shape index (κ3) is 3.79. The van der Waals surface area contributed by atoms with Gasteiger partial charge in [-0.25, -0.2) is 9.78 Å². The molecule has 8 nitrogen and oxygen atoms in total. The van der Waals surface area contributed by atoms with Crippen LogP contribution in [0.15, 0.2) is 56.2 Å². The molecular formula is C19H15ClN6O2S. The zero-order chi connectivity index (χ0) is 20.0. The van der Waals surface area contributed by atoms with Crippen molar-refractivity contribution in [3.63, 3.8) is 0 Å². The fraction of sp³-hybridized carbons (Fsp3) is 0.158. The summed E-state index contributed by atoms with van der Waals surface area (Å²) in [5.41, 5.74) is 1.08. The summed E-state index contributed by atoms with van der Waals surface area (Å²) in [5.74, 6) is -0.235. The highest BCUT2D eigenvalue weighted by Crippen LogP contribution is 2.27. The molecule has 1 aliphatic carbocycles. The maximum Gasteiger partial charge on any atom is 0.326 e. The smallest absolute Gasteiger partial charge is 0.326 e. The molecule has 3 N–H and O–H groups in total. The van der Waals surface area contributed by atoms with Crippen molar-refractivity contribution in [1.29, 1.82) is 0 Å². The van der Waals surface area contributed by atoms with Gasteiger partial charge in [-0.15, -0.1) is 0 Å². The van der Waals surface area contributed by atoms with Crippen molar-refractivity contribution in [2.45, 2.75) is 28.8 Å².